The lowest BCUT2D eigenvalue weighted by atomic mass is 9.95. The second-order valence-corrected chi connectivity index (χ2v) is 5.34. The fourth-order valence-corrected chi connectivity index (χ4v) is 2.27. The number of aromatic hydroxyl groups is 1. The number of carbonyl (C=O) groups excluding carboxylic acids is 2. The van der Waals surface area contributed by atoms with Crippen molar-refractivity contribution in [2.45, 2.75) is 13.8 Å². The molecule has 0 bridgehead atoms. The largest absolute Gasteiger partial charge is 0.506 e. The van der Waals surface area contributed by atoms with Crippen molar-refractivity contribution in [2.24, 2.45) is 5.92 Å². The number of hydrogen-bond acceptors (Lipinski definition) is 4. The van der Waals surface area contributed by atoms with Gasteiger partial charge in [-0.2, -0.15) is 0 Å². The molecule has 1 unspecified atom stereocenters. The molecule has 2 aromatic rings. The zero-order valence-corrected chi connectivity index (χ0v) is 13.7. The monoisotopic (exact) mass is 324 g/mol. The maximum Gasteiger partial charge on any atom is 0.341 e. The quantitative estimate of drug-likeness (QED) is 0.642. The average molecular weight is 324 g/mol. The predicted molar refractivity (Wildman–Crippen MR) is 93.0 cm³/mol. The van der Waals surface area contributed by atoms with Crippen LogP contribution in [0.3, 0.4) is 0 Å². The predicted octanol–water partition coefficient (Wildman–Crippen LogP) is 4.10. The van der Waals surface area contributed by atoms with Crippen molar-refractivity contribution in [3.8, 4) is 5.75 Å². The van der Waals surface area contributed by atoms with E-state index in [4.69, 9.17) is 4.74 Å². The Morgan fingerprint density at radius 2 is 1.75 bits per heavy atom. The maximum absolute atomic E-state index is 12.6. The molecule has 0 heterocycles. The highest BCUT2D eigenvalue weighted by atomic mass is 16.5. The first-order valence-electron chi connectivity index (χ1n) is 7.81. The van der Waals surface area contributed by atoms with E-state index in [9.17, 15) is 14.7 Å². The smallest absolute Gasteiger partial charge is 0.341 e. The third kappa shape index (κ3) is 4.10. The minimum absolute atomic E-state index is 0.00180. The molecule has 0 amide bonds. The Kier molecular flexibility index (Phi) is 5.90. The lowest BCUT2D eigenvalue weighted by Crippen LogP contribution is -2.12. The molecule has 0 spiro atoms. The van der Waals surface area contributed by atoms with Gasteiger partial charge >= 0.3 is 5.97 Å². The third-order valence-corrected chi connectivity index (χ3v) is 3.59. The van der Waals surface area contributed by atoms with E-state index in [1.807, 2.05) is 36.4 Å². The summed E-state index contributed by atoms with van der Waals surface area (Å²) in [5.41, 5.74) is 1.11. The summed E-state index contributed by atoms with van der Waals surface area (Å²) in [6.07, 6.45) is 3.63. The van der Waals surface area contributed by atoms with Gasteiger partial charge in [0.15, 0.2) is 5.78 Å². The number of benzene rings is 2. The van der Waals surface area contributed by atoms with Gasteiger partial charge in [-0.05, 0) is 24.6 Å². The van der Waals surface area contributed by atoms with Crippen LogP contribution in [-0.4, -0.2) is 23.5 Å². The second kappa shape index (κ2) is 8.11. The fraction of sp³-hybridized carbons (Fsp3) is 0.200. The van der Waals surface area contributed by atoms with E-state index in [0.717, 1.165) is 5.56 Å². The van der Waals surface area contributed by atoms with E-state index in [2.05, 4.69) is 0 Å². The van der Waals surface area contributed by atoms with Crippen molar-refractivity contribution in [3.63, 3.8) is 0 Å². The van der Waals surface area contributed by atoms with Crippen molar-refractivity contribution < 1.29 is 19.4 Å². The summed E-state index contributed by atoms with van der Waals surface area (Å²) in [5, 5.41) is 10.2. The zero-order valence-electron chi connectivity index (χ0n) is 13.7. The molecule has 0 aliphatic heterocycles. The number of allylic oxidation sites excluding steroid dienone is 1. The first-order chi connectivity index (χ1) is 11.5. The van der Waals surface area contributed by atoms with Crippen LogP contribution in [0.15, 0.2) is 54.6 Å². The van der Waals surface area contributed by atoms with Gasteiger partial charge in [-0.3, -0.25) is 4.79 Å². The van der Waals surface area contributed by atoms with Gasteiger partial charge in [0.2, 0.25) is 0 Å². The fourth-order valence-electron chi connectivity index (χ4n) is 2.27. The van der Waals surface area contributed by atoms with Crippen molar-refractivity contribution in [2.75, 3.05) is 6.61 Å². The molecule has 4 nitrogen and oxygen atoms in total. The van der Waals surface area contributed by atoms with Crippen LogP contribution >= 0.6 is 0 Å². The van der Waals surface area contributed by atoms with Gasteiger partial charge in [0, 0.05) is 5.92 Å². The summed E-state index contributed by atoms with van der Waals surface area (Å²) >= 11 is 0. The number of para-hydroxylation sites is 1. The van der Waals surface area contributed by atoms with Gasteiger partial charge in [-0.1, -0.05) is 55.5 Å². The molecule has 1 N–H and O–H groups in total. The minimum atomic E-state index is -0.642. The van der Waals surface area contributed by atoms with Crippen LogP contribution in [0.4, 0.5) is 0 Å². The Hall–Kier alpha value is -2.88. The molecule has 0 aliphatic rings. The zero-order chi connectivity index (χ0) is 17.5. The third-order valence-electron chi connectivity index (χ3n) is 3.59. The Bertz CT molecular complexity index is 747. The topological polar surface area (TPSA) is 63.6 Å². The number of rotatable bonds is 6. The standard InChI is InChI=1S/C20H20O4/c1-3-24-20(23)17-11-7-10-16(19(17)22)18(21)14(2)12-13-15-8-5-4-6-9-15/h4-14,22H,3H2,1-2H3. The molecule has 4 heteroatoms. The van der Waals surface area contributed by atoms with E-state index in [-0.39, 0.29) is 29.3 Å². The van der Waals surface area contributed by atoms with Crippen LogP contribution in [0.25, 0.3) is 6.08 Å². The Balaban J connectivity index is 2.21. The van der Waals surface area contributed by atoms with Gasteiger partial charge in [-0.25, -0.2) is 4.79 Å². The molecular formula is C20H20O4. The number of Topliss-reactive ketones (excluding diaryl/α,β-unsaturated/α-hetero) is 1. The van der Waals surface area contributed by atoms with Crippen molar-refractivity contribution >= 4 is 17.8 Å². The highest BCUT2D eigenvalue weighted by molar-refractivity contribution is 6.05. The summed E-state index contributed by atoms with van der Waals surface area (Å²) in [6, 6.07) is 14.1. The first kappa shape index (κ1) is 17.5. The first-order valence-corrected chi connectivity index (χ1v) is 7.81. The van der Waals surface area contributed by atoms with Crippen molar-refractivity contribution in [3.05, 3.63) is 71.3 Å². The van der Waals surface area contributed by atoms with Gasteiger partial charge in [0.25, 0.3) is 0 Å². The second-order valence-electron chi connectivity index (χ2n) is 5.34. The molecule has 0 fully saturated rings. The lowest BCUT2D eigenvalue weighted by molar-refractivity contribution is 0.0523. The molecule has 24 heavy (non-hydrogen) atoms. The molecule has 124 valence electrons. The van der Waals surface area contributed by atoms with Crippen molar-refractivity contribution in [1.29, 1.82) is 0 Å². The number of ketones is 1. The van der Waals surface area contributed by atoms with E-state index < -0.39 is 11.9 Å². The summed E-state index contributed by atoms with van der Waals surface area (Å²) in [5.74, 6) is -1.67. The molecule has 2 rings (SSSR count). The molecule has 0 saturated heterocycles. The molecule has 1 atom stereocenters. The average Bonchev–Trinajstić information content (AvgIpc) is 2.60. The molecule has 0 radical (unpaired) electrons. The van der Waals surface area contributed by atoms with E-state index in [0.29, 0.717) is 0 Å². The van der Waals surface area contributed by atoms with Crippen LogP contribution in [-0.2, 0) is 4.74 Å². The van der Waals surface area contributed by atoms with E-state index in [1.54, 1.807) is 26.0 Å². The van der Waals surface area contributed by atoms with Gasteiger partial charge in [-0.15, -0.1) is 0 Å². The summed E-state index contributed by atoms with van der Waals surface area (Å²) in [7, 11) is 0. The van der Waals surface area contributed by atoms with Crippen LogP contribution in [0.2, 0.25) is 0 Å². The van der Waals surface area contributed by atoms with Crippen LogP contribution < -0.4 is 0 Å². The van der Waals surface area contributed by atoms with Crippen molar-refractivity contribution in [1.82, 2.24) is 0 Å². The van der Waals surface area contributed by atoms with Gasteiger partial charge in [0.05, 0.1) is 12.2 Å². The Labute approximate surface area is 141 Å². The summed E-state index contributed by atoms with van der Waals surface area (Å²) in [6.45, 7) is 3.63. The highest BCUT2D eigenvalue weighted by Gasteiger charge is 2.21. The minimum Gasteiger partial charge on any atom is -0.506 e. The number of carbonyl (C=O) groups is 2. The van der Waals surface area contributed by atoms with E-state index >= 15 is 0 Å². The van der Waals surface area contributed by atoms with Crippen LogP contribution in [0.5, 0.6) is 5.75 Å². The molecule has 0 aromatic heterocycles. The number of hydrogen-bond donors (Lipinski definition) is 1. The molecule has 0 saturated carbocycles. The number of phenolic OH excluding ortho intramolecular Hbond substituents is 1. The lowest BCUT2D eigenvalue weighted by Gasteiger charge is -2.10. The summed E-state index contributed by atoms with van der Waals surface area (Å²) in [4.78, 5) is 24.4. The number of phenols is 1. The van der Waals surface area contributed by atoms with Crippen LogP contribution in [0.1, 0.15) is 40.1 Å². The van der Waals surface area contributed by atoms with Crippen LogP contribution in [0, 0.1) is 5.92 Å². The number of esters is 1. The van der Waals surface area contributed by atoms with E-state index in [1.165, 1.54) is 12.1 Å². The van der Waals surface area contributed by atoms with Gasteiger partial charge < -0.3 is 9.84 Å². The summed E-state index contributed by atoms with van der Waals surface area (Å²) < 4.78 is 4.89. The normalized spacial score (nSPS) is 12.1. The van der Waals surface area contributed by atoms with Gasteiger partial charge in [0.1, 0.15) is 11.3 Å². The maximum atomic E-state index is 12.6. The molecule has 2 aromatic carbocycles. The highest BCUT2D eigenvalue weighted by Crippen LogP contribution is 2.26. The Morgan fingerprint density at radius 3 is 2.42 bits per heavy atom. The molecule has 0 aliphatic carbocycles. The SMILES string of the molecule is CCOC(=O)c1cccc(C(=O)C(C)C=Cc2ccccc2)c1O. The number of ether oxygens (including phenoxy) is 1. The Morgan fingerprint density at radius 1 is 1.08 bits per heavy atom. The molecular weight excluding hydrogens is 304 g/mol.